The van der Waals surface area contributed by atoms with Crippen LogP contribution in [0.5, 0.6) is 5.75 Å². The van der Waals surface area contributed by atoms with E-state index in [-0.39, 0.29) is 11.7 Å². The Morgan fingerprint density at radius 3 is 2.27 bits per heavy atom. The van der Waals surface area contributed by atoms with Gasteiger partial charge in [-0.1, -0.05) is 51.3 Å². The average molecular weight is 479 g/mol. The van der Waals surface area contributed by atoms with Gasteiger partial charge in [0.15, 0.2) is 5.17 Å². The number of hydrogen-bond acceptors (Lipinski definition) is 4. The van der Waals surface area contributed by atoms with E-state index in [0.29, 0.717) is 10.1 Å². The van der Waals surface area contributed by atoms with E-state index in [0.717, 1.165) is 32.5 Å². The summed E-state index contributed by atoms with van der Waals surface area (Å²) >= 11 is 4.80. The van der Waals surface area contributed by atoms with Gasteiger partial charge in [-0.25, -0.2) is 4.99 Å². The molecule has 150 valence electrons. The van der Waals surface area contributed by atoms with Crippen molar-refractivity contribution in [2.45, 2.75) is 13.8 Å². The maximum atomic E-state index is 13.3. The lowest BCUT2D eigenvalue weighted by Crippen LogP contribution is -2.28. The minimum Gasteiger partial charge on any atom is -0.508 e. The van der Waals surface area contributed by atoms with Gasteiger partial charge in [0.2, 0.25) is 0 Å². The fraction of sp³-hybridized carbons (Fsp3) is 0.0833. The Morgan fingerprint density at radius 2 is 1.60 bits per heavy atom. The fourth-order valence-corrected chi connectivity index (χ4v) is 4.34. The summed E-state index contributed by atoms with van der Waals surface area (Å²) in [7, 11) is 0. The summed E-state index contributed by atoms with van der Waals surface area (Å²) in [5.41, 5.74) is 4.55. The molecule has 1 saturated heterocycles. The molecule has 3 aromatic rings. The summed E-state index contributed by atoms with van der Waals surface area (Å²) in [4.78, 5) is 20.2. The predicted molar refractivity (Wildman–Crippen MR) is 128 cm³/mol. The van der Waals surface area contributed by atoms with Crippen LogP contribution in [0.2, 0.25) is 0 Å². The number of halogens is 1. The molecule has 1 aliphatic rings. The highest BCUT2D eigenvalue weighted by atomic mass is 79.9. The predicted octanol–water partition coefficient (Wildman–Crippen LogP) is 6.58. The molecular weight excluding hydrogens is 460 g/mol. The first kappa shape index (κ1) is 20.4. The minimum atomic E-state index is -0.148. The molecule has 0 saturated carbocycles. The van der Waals surface area contributed by atoms with Crippen LogP contribution in [-0.4, -0.2) is 16.2 Å². The van der Waals surface area contributed by atoms with Crippen molar-refractivity contribution in [3.63, 3.8) is 0 Å². The first-order valence-corrected chi connectivity index (χ1v) is 11.0. The number of benzene rings is 3. The number of carbonyl (C=O) groups is 1. The van der Waals surface area contributed by atoms with Crippen molar-refractivity contribution < 1.29 is 9.90 Å². The lowest BCUT2D eigenvalue weighted by molar-refractivity contribution is -0.113. The van der Waals surface area contributed by atoms with Crippen molar-refractivity contribution in [2.75, 3.05) is 4.90 Å². The monoisotopic (exact) mass is 478 g/mol. The van der Waals surface area contributed by atoms with E-state index in [1.54, 1.807) is 29.2 Å². The standard InChI is InChI=1S/C24H19BrN2O2S/c1-15-3-7-18(8-4-15)26-24-27(19-9-5-16(2)6-10-19)23(29)22(30-24)14-17-13-20(28)11-12-21(17)25/h3-14,28H,1-2H3. The molecule has 0 aliphatic carbocycles. The SMILES string of the molecule is Cc1ccc(N=C2SC(=Cc3cc(O)ccc3Br)C(=O)N2c2ccc(C)cc2)cc1. The third-order valence-corrected chi connectivity index (χ3v) is 6.31. The smallest absolute Gasteiger partial charge is 0.271 e. The number of anilines is 1. The first-order valence-electron chi connectivity index (χ1n) is 9.35. The third kappa shape index (κ3) is 4.35. The number of phenolic OH excluding ortho intramolecular Hbond substituents is 1. The van der Waals surface area contributed by atoms with Crippen molar-refractivity contribution in [3.8, 4) is 5.75 Å². The molecule has 1 fully saturated rings. The van der Waals surface area contributed by atoms with E-state index >= 15 is 0 Å². The molecule has 3 aromatic carbocycles. The van der Waals surface area contributed by atoms with Crippen molar-refractivity contribution in [1.82, 2.24) is 0 Å². The van der Waals surface area contributed by atoms with Crippen LogP contribution in [0.4, 0.5) is 11.4 Å². The number of carbonyl (C=O) groups excluding carboxylic acids is 1. The molecule has 30 heavy (non-hydrogen) atoms. The Labute approximate surface area is 188 Å². The third-order valence-electron chi connectivity index (χ3n) is 4.62. The molecule has 0 radical (unpaired) electrons. The van der Waals surface area contributed by atoms with Gasteiger partial charge in [0.1, 0.15) is 5.75 Å². The molecule has 1 aliphatic heterocycles. The van der Waals surface area contributed by atoms with Gasteiger partial charge in [-0.3, -0.25) is 9.69 Å². The molecule has 4 nitrogen and oxygen atoms in total. The van der Waals surface area contributed by atoms with Gasteiger partial charge in [-0.2, -0.15) is 0 Å². The van der Waals surface area contributed by atoms with Crippen LogP contribution in [0.1, 0.15) is 16.7 Å². The topological polar surface area (TPSA) is 52.9 Å². The van der Waals surface area contributed by atoms with Gasteiger partial charge in [-0.15, -0.1) is 0 Å². The molecule has 0 unspecified atom stereocenters. The molecule has 0 aromatic heterocycles. The summed E-state index contributed by atoms with van der Waals surface area (Å²) in [5, 5.41) is 10.4. The summed E-state index contributed by atoms with van der Waals surface area (Å²) in [6.07, 6.45) is 1.77. The molecule has 0 spiro atoms. The van der Waals surface area contributed by atoms with Gasteiger partial charge in [0, 0.05) is 4.47 Å². The van der Waals surface area contributed by atoms with Gasteiger partial charge in [-0.05, 0) is 79.7 Å². The van der Waals surface area contributed by atoms with E-state index in [4.69, 9.17) is 4.99 Å². The van der Waals surface area contributed by atoms with Crippen LogP contribution in [0, 0.1) is 13.8 Å². The van der Waals surface area contributed by atoms with Gasteiger partial charge in [0.25, 0.3) is 5.91 Å². The van der Waals surface area contributed by atoms with Gasteiger partial charge < -0.3 is 5.11 Å². The number of thioether (sulfide) groups is 1. The van der Waals surface area contributed by atoms with Crippen molar-refractivity contribution >= 4 is 56.2 Å². The highest BCUT2D eigenvalue weighted by molar-refractivity contribution is 9.10. The Bertz CT molecular complexity index is 1170. The number of amidine groups is 1. The first-order chi connectivity index (χ1) is 14.4. The zero-order valence-corrected chi connectivity index (χ0v) is 18.9. The molecular formula is C24H19BrN2O2S. The number of hydrogen-bond donors (Lipinski definition) is 1. The minimum absolute atomic E-state index is 0.143. The molecule has 0 bridgehead atoms. The zero-order valence-electron chi connectivity index (χ0n) is 16.5. The summed E-state index contributed by atoms with van der Waals surface area (Å²) in [6, 6.07) is 20.6. The lowest BCUT2D eigenvalue weighted by atomic mass is 10.2. The van der Waals surface area contributed by atoms with Crippen LogP contribution in [0.15, 0.2) is 81.1 Å². The van der Waals surface area contributed by atoms with Crippen LogP contribution < -0.4 is 4.90 Å². The number of rotatable bonds is 3. The normalized spacial score (nSPS) is 16.6. The zero-order chi connectivity index (χ0) is 21.3. The quantitative estimate of drug-likeness (QED) is 0.432. The van der Waals surface area contributed by atoms with E-state index in [1.165, 1.54) is 11.8 Å². The van der Waals surface area contributed by atoms with Crippen LogP contribution in [0.3, 0.4) is 0 Å². The second kappa shape index (κ2) is 8.50. The number of amides is 1. The van der Waals surface area contributed by atoms with E-state index in [9.17, 15) is 9.90 Å². The Balaban J connectivity index is 1.79. The largest absolute Gasteiger partial charge is 0.508 e. The summed E-state index contributed by atoms with van der Waals surface area (Å²) in [5.74, 6) is -0.00519. The van der Waals surface area contributed by atoms with E-state index < -0.39 is 0 Å². The number of nitrogens with zero attached hydrogens (tertiary/aromatic N) is 2. The molecule has 6 heteroatoms. The van der Waals surface area contributed by atoms with Gasteiger partial charge in [0.05, 0.1) is 16.3 Å². The van der Waals surface area contributed by atoms with Crippen LogP contribution in [0.25, 0.3) is 6.08 Å². The number of aromatic hydroxyl groups is 1. The Hall–Kier alpha value is -2.83. The summed E-state index contributed by atoms with van der Waals surface area (Å²) < 4.78 is 0.798. The summed E-state index contributed by atoms with van der Waals surface area (Å²) in [6.45, 7) is 4.04. The molecule has 1 N–H and O–H groups in total. The second-order valence-corrected chi connectivity index (χ2v) is 8.89. The van der Waals surface area contributed by atoms with Gasteiger partial charge >= 0.3 is 0 Å². The highest BCUT2D eigenvalue weighted by Crippen LogP contribution is 2.38. The molecule has 0 atom stereocenters. The Morgan fingerprint density at radius 1 is 0.967 bits per heavy atom. The average Bonchev–Trinajstić information content (AvgIpc) is 3.02. The fourth-order valence-electron chi connectivity index (χ4n) is 2.98. The highest BCUT2D eigenvalue weighted by Gasteiger charge is 2.34. The van der Waals surface area contributed by atoms with Crippen molar-refractivity contribution in [2.24, 2.45) is 4.99 Å². The lowest BCUT2D eigenvalue weighted by Gasteiger charge is -2.16. The molecule has 4 rings (SSSR count). The Kier molecular flexibility index (Phi) is 5.79. The number of aryl methyl sites for hydroxylation is 2. The molecule has 1 heterocycles. The van der Waals surface area contributed by atoms with E-state index in [1.807, 2.05) is 62.4 Å². The van der Waals surface area contributed by atoms with Crippen LogP contribution >= 0.6 is 27.7 Å². The maximum Gasteiger partial charge on any atom is 0.271 e. The van der Waals surface area contributed by atoms with Crippen molar-refractivity contribution in [3.05, 3.63) is 92.8 Å². The van der Waals surface area contributed by atoms with Crippen molar-refractivity contribution in [1.29, 1.82) is 0 Å². The number of phenols is 1. The number of aliphatic imine (C=N–C) groups is 1. The maximum absolute atomic E-state index is 13.3. The second-order valence-electron chi connectivity index (χ2n) is 7.02. The van der Waals surface area contributed by atoms with E-state index in [2.05, 4.69) is 15.9 Å². The molecule has 1 amide bonds. The van der Waals surface area contributed by atoms with Crippen LogP contribution in [-0.2, 0) is 4.79 Å².